The van der Waals surface area contributed by atoms with Crippen molar-refractivity contribution in [3.05, 3.63) is 58.1 Å². The molecule has 39 heavy (non-hydrogen) atoms. The molecule has 7 nitrogen and oxygen atoms in total. The number of carbonyl (C=O) groups is 2. The third-order valence-corrected chi connectivity index (χ3v) is 7.16. The van der Waals surface area contributed by atoms with E-state index in [1.54, 1.807) is 11.0 Å². The second-order valence-corrected chi connectivity index (χ2v) is 10.1. The van der Waals surface area contributed by atoms with Gasteiger partial charge in [0.2, 0.25) is 5.91 Å². The Balaban J connectivity index is 1.41. The van der Waals surface area contributed by atoms with E-state index in [1.165, 1.54) is 18.2 Å². The molecule has 212 valence electrons. The molecule has 2 fully saturated rings. The zero-order valence-corrected chi connectivity index (χ0v) is 21.8. The number of amides is 2. The first-order valence-electron chi connectivity index (χ1n) is 12.6. The Morgan fingerprint density at radius 2 is 1.79 bits per heavy atom. The van der Waals surface area contributed by atoms with Crippen molar-refractivity contribution in [1.82, 2.24) is 15.5 Å². The quantitative estimate of drug-likeness (QED) is 0.413. The molecule has 1 atom stereocenters. The molecule has 4 rings (SSSR count). The van der Waals surface area contributed by atoms with E-state index < -0.39 is 35.7 Å². The minimum absolute atomic E-state index is 0.0843. The normalized spacial score (nSPS) is 18.3. The van der Waals surface area contributed by atoms with Gasteiger partial charge >= 0.3 is 6.18 Å². The number of nitrogens with zero attached hydrogens (tertiary/aromatic N) is 2. The first-order valence-corrected chi connectivity index (χ1v) is 13.0. The lowest BCUT2D eigenvalue weighted by atomic mass is 10.1. The number of alkyl halides is 3. The van der Waals surface area contributed by atoms with Crippen LogP contribution in [0.1, 0.15) is 28.8 Å². The molecule has 0 aliphatic carbocycles. The van der Waals surface area contributed by atoms with Crippen LogP contribution < -0.4 is 20.9 Å². The van der Waals surface area contributed by atoms with Crippen LogP contribution in [0.3, 0.4) is 0 Å². The molecule has 2 amide bonds. The van der Waals surface area contributed by atoms with Crippen LogP contribution in [-0.2, 0) is 11.3 Å². The lowest BCUT2D eigenvalue weighted by molar-refractivity contribution is -0.138. The highest BCUT2D eigenvalue weighted by Gasteiger charge is 2.29. The summed E-state index contributed by atoms with van der Waals surface area (Å²) in [6.07, 6.45) is -4.45. The van der Waals surface area contributed by atoms with Gasteiger partial charge in [-0.25, -0.2) is 8.78 Å². The van der Waals surface area contributed by atoms with Crippen LogP contribution in [0, 0.1) is 17.6 Å². The smallest absolute Gasteiger partial charge is 0.367 e. The number of nitrogens with one attached hydrogen (secondary N) is 3. The molecular weight excluding hydrogens is 545 g/mol. The third kappa shape index (κ3) is 7.58. The van der Waals surface area contributed by atoms with Crippen LogP contribution in [0.25, 0.3) is 0 Å². The van der Waals surface area contributed by atoms with Gasteiger partial charge in [0.15, 0.2) is 11.6 Å². The zero-order valence-electron chi connectivity index (χ0n) is 21.0. The number of carbonyl (C=O) groups excluding carboxylic acids is 2. The maximum atomic E-state index is 14.9. The van der Waals surface area contributed by atoms with Crippen LogP contribution in [0.4, 0.5) is 33.3 Å². The average molecular weight is 574 g/mol. The number of rotatable bonds is 8. The van der Waals surface area contributed by atoms with Crippen molar-refractivity contribution in [2.75, 3.05) is 56.0 Å². The van der Waals surface area contributed by atoms with Gasteiger partial charge in [-0.2, -0.15) is 13.2 Å². The Labute approximate surface area is 227 Å². The summed E-state index contributed by atoms with van der Waals surface area (Å²) in [4.78, 5) is 28.7. The standard InChI is InChI=1S/C26H29ClF5N5O2/c27-18-2-4-20(21(13-18)37-11-9-36(10-12-37)8-6-26(30,31)32)35-25(39)19-3-1-16(22(28)23(19)29)15-34-24(38)17-5-7-33-14-17/h1-4,13,17,33H,5-12,14-15H2,(H,34,38)(H,35,39)/t17-/m0/s1. The molecular formula is C26H29ClF5N5O2. The molecule has 0 radical (unpaired) electrons. The van der Waals surface area contributed by atoms with Gasteiger partial charge in [0.1, 0.15) is 0 Å². The van der Waals surface area contributed by atoms with Crippen LogP contribution in [0.15, 0.2) is 30.3 Å². The first-order chi connectivity index (χ1) is 18.5. The molecule has 0 saturated carbocycles. The van der Waals surface area contributed by atoms with Crippen LogP contribution in [0.5, 0.6) is 0 Å². The van der Waals surface area contributed by atoms with Crippen molar-refractivity contribution in [2.45, 2.75) is 25.6 Å². The van der Waals surface area contributed by atoms with Crippen LogP contribution in [-0.4, -0.2) is 68.7 Å². The Kier molecular flexibility index (Phi) is 9.29. The summed E-state index contributed by atoms with van der Waals surface area (Å²) in [5.41, 5.74) is 0.224. The van der Waals surface area contributed by atoms with E-state index in [9.17, 15) is 31.5 Å². The summed E-state index contributed by atoms with van der Waals surface area (Å²) in [6.45, 7) is 2.48. The minimum Gasteiger partial charge on any atom is -0.367 e. The second-order valence-electron chi connectivity index (χ2n) is 9.62. The molecule has 2 aromatic rings. The van der Waals surface area contributed by atoms with Gasteiger partial charge in [-0.05, 0) is 37.2 Å². The van der Waals surface area contributed by atoms with Gasteiger partial charge in [-0.1, -0.05) is 17.7 Å². The summed E-state index contributed by atoms with van der Waals surface area (Å²) >= 11 is 6.16. The molecule has 0 spiro atoms. The Morgan fingerprint density at radius 1 is 1.05 bits per heavy atom. The van der Waals surface area contributed by atoms with Gasteiger partial charge in [0, 0.05) is 56.4 Å². The van der Waals surface area contributed by atoms with Gasteiger partial charge < -0.3 is 20.9 Å². The fraction of sp³-hybridized carbons (Fsp3) is 0.462. The highest BCUT2D eigenvalue weighted by atomic mass is 35.5. The Hall–Kier alpha value is -2.96. The largest absolute Gasteiger partial charge is 0.390 e. The summed E-state index contributed by atoms with van der Waals surface area (Å²) in [5, 5.41) is 8.64. The second kappa shape index (κ2) is 12.5. The van der Waals surface area contributed by atoms with E-state index in [-0.39, 0.29) is 30.5 Å². The van der Waals surface area contributed by atoms with E-state index in [0.717, 1.165) is 12.6 Å². The topological polar surface area (TPSA) is 76.7 Å². The zero-order chi connectivity index (χ0) is 28.2. The summed E-state index contributed by atoms with van der Waals surface area (Å²) < 4.78 is 67.3. The maximum Gasteiger partial charge on any atom is 0.390 e. The third-order valence-electron chi connectivity index (χ3n) is 6.92. The predicted molar refractivity (Wildman–Crippen MR) is 138 cm³/mol. The van der Waals surface area contributed by atoms with Gasteiger partial charge in [-0.3, -0.25) is 14.5 Å². The molecule has 0 unspecified atom stereocenters. The number of halogens is 6. The minimum atomic E-state index is -4.23. The average Bonchev–Trinajstić information content (AvgIpc) is 3.44. The molecule has 2 aliphatic heterocycles. The number of benzene rings is 2. The number of hydrogen-bond donors (Lipinski definition) is 3. The molecule has 0 aromatic heterocycles. The molecule has 0 bridgehead atoms. The molecule has 2 saturated heterocycles. The first kappa shape index (κ1) is 29.0. The molecule has 2 heterocycles. The van der Waals surface area contributed by atoms with E-state index in [4.69, 9.17) is 11.6 Å². The van der Waals surface area contributed by atoms with E-state index in [2.05, 4.69) is 16.0 Å². The SMILES string of the molecule is O=C(Nc1ccc(Cl)cc1N1CCN(CCC(F)(F)F)CC1)c1ccc(CNC(=O)[C@H]2CCNC2)c(F)c1F. The van der Waals surface area contributed by atoms with Crippen molar-refractivity contribution in [3.63, 3.8) is 0 Å². The van der Waals surface area contributed by atoms with E-state index >= 15 is 0 Å². The summed E-state index contributed by atoms with van der Waals surface area (Å²) in [6, 6.07) is 7.07. The monoisotopic (exact) mass is 573 g/mol. The van der Waals surface area contributed by atoms with Gasteiger partial charge in [-0.15, -0.1) is 0 Å². The van der Waals surface area contributed by atoms with Gasteiger partial charge in [0.25, 0.3) is 5.91 Å². The lowest BCUT2D eigenvalue weighted by Gasteiger charge is -2.37. The summed E-state index contributed by atoms with van der Waals surface area (Å²) in [7, 11) is 0. The number of piperazine rings is 1. The molecule has 3 N–H and O–H groups in total. The maximum absolute atomic E-state index is 14.9. The predicted octanol–water partition coefficient (Wildman–Crippen LogP) is 4.17. The Bertz CT molecular complexity index is 1200. The molecule has 2 aliphatic rings. The molecule has 2 aromatic carbocycles. The fourth-order valence-corrected chi connectivity index (χ4v) is 4.83. The van der Waals surface area contributed by atoms with Crippen molar-refractivity contribution < 1.29 is 31.5 Å². The number of hydrogen-bond acceptors (Lipinski definition) is 5. The van der Waals surface area contributed by atoms with E-state index in [1.807, 2.05) is 4.90 Å². The van der Waals surface area contributed by atoms with Crippen LogP contribution in [0.2, 0.25) is 5.02 Å². The van der Waals surface area contributed by atoms with Crippen molar-refractivity contribution in [1.29, 1.82) is 0 Å². The van der Waals surface area contributed by atoms with Crippen LogP contribution >= 0.6 is 11.6 Å². The highest BCUT2D eigenvalue weighted by Crippen LogP contribution is 2.31. The van der Waals surface area contributed by atoms with E-state index in [0.29, 0.717) is 55.5 Å². The fourth-order valence-electron chi connectivity index (χ4n) is 4.67. The van der Waals surface area contributed by atoms with Crippen molar-refractivity contribution >= 4 is 34.8 Å². The summed E-state index contributed by atoms with van der Waals surface area (Å²) in [5.74, 6) is -3.92. The highest BCUT2D eigenvalue weighted by molar-refractivity contribution is 6.31. The van der Waals surface area contributed by atoms with Crippen molar-refractivity contribution in [3.8, 4) is 0 Å². The van der Waals surface area contributed by atoms with Gasteiger partial charge in [0.05, 0.1) is 29.3 Å². The molecule has 13 heteroatoms. The van der Waals surface area contributed by atoms with Crippen molar-refractivity contribution in [2.24, 2.45) is 5.92 Å². The number of anilines is 2. The lowest BCUT2D eigenvalue weighted by Crippen LogP contribution is -2.47. The Morgan fingerprint density at radius 3 is 2.46 bits per heavy atom.